The van der Waals surface area contributed by atoms with Crippen molar-refractivity contribution >= 4 is 23.1 Å². The fourth-order valence-corrected chi connectivity index (χ4v) is 6.45. The van der Waals surface area contributed by atoms with Crippen LogP contribution in [0.25, 0.3) is 5.00 Å². The Hall–Kier alpha value is -2.53. The molecule has 0 saturated heterocycles. The second-order valence-corrected chi connectivity index (χ2v) is 9.68. The molecular weight excluding hydrogens is 390 g/mol. The minimum absolute atomic E-state index is 0.00911. The summed E-state index contributed by atoms with van der Waals surface area (Å²) in [7, 11) is 0. The van der Waals surface area contributed by atoms with Crippen molar-refractivity contribution in [3.63, 3.8) is 0 Å². The monoisotopic (exact) mass is 419 g/mol. The molecule has 2 aliphatic rings. The van der Waals surface area contributed by atoms with E-state index >= 15 is 0 Å². The van der Waals surface area contributed by atoms with Crippen LogP contribution in [0.2, 0.25) is 0 Å². The molecule has 0 radical (unpaired) electrons. The summed E-state index contributed by atoms with van der Waals surface area (Å²) in [4.78, 5) is 17.1. The molecule has 0 bridgehead atoms. The molecule has 0 fully saturated rings. The summed E-state index contributed by atoms with van der Waals surface area (Å²) in [6.07, 6.45) is 7.91. The van der Waals surface area contributed by atoms with Gasteiger partial charge in [0.2, 0.25) is 0 Å². The highest BCUT2D eigenvalue weighted by Crippen LogP contribution is 2.43. The van der Waals surface area contributed by atoms with Gasteiger partial charge >= 0.3 is 6.03 Å². The molecule has 1 aromatic carbocycles. The van der Waals surface area contributed by atoms with E-state index in [1.165, 1.54) is 51.5 Å². The van der Waals surface area contributed by atoms with Gasteiger partial charge in [-0.1, -0.05) is 24.6 Å². The number of aryl methyl sites for hydroxylation is 3. The maximum Gasteiger partial charge on any atom is 0.322 e. The Morgan fingerprint density at radius 1 is 1.17 bits per heavy atom. The molecule has 1 aliphatic heterocycles. The van der Waals surface area contributed by atoms with Crippen molar-refractivity contribution in [3.8, 4) is 5.00 Å². The average Bonchev–Trinajstić information content (AvgIpc) is 3.32. The molecule has 156 valence electrons. The first-order valence-electron chi connectivity index (χ1n) is 11.0. The zero-order chi connectivity index (χ0) is 20.8. The van der Waals surface area contributed by atoms with Gasteiger partial charge in [0.1, 0.15) is 5.00 Å². The van der Waals surface area contributed by atoms with Crippen LogP contribution in [0.5, 0.6) is 0 Å². The topological polar surface area (TPSA) is 37.3 Å². The van der Waals surface area contributed by atoms with Crippen LogP contribution >= 0.6 is 11.3 Å². The molecule has 30 heavy (non-hydrogen) atoms. The zero-order valence-corrected chi connectivity index (χ0v) is 18.8. The van der Waals surface area contributed by atoms with E-state index in [4.69, 9.17) is 0 Å². The SMILES string of the molecule is CC[C@H]1c2cccn2-c2sc3c(c2CN1C(=O)Nc1ccc(C)cc1C)CCCC3. The lowest BCUT2D eigenvalue weighted by molar-refractivity contribution is 0.181. The minimum atomic E-state index is -0.00911. The molecule has 5 heteroatoms. The predicted octanol–water partition coefficient (Wildman–Crippen LogP) is 6.53. The predicted molar refractivity (Wildman–Crippen MR) is 124 cm³/mol. The number of benzene rings is 1. The quantitative estimate of drug-likeness (QED) is 0.503. The van der Waals surface area contributed by atoms with E-state index in [1.54, 1.807) is 0 Å². The average molecular weight is 420 g/mol. The number of carbonyl (C=O) groups excluding carboxylic acids is 1. The van der Waals surface area contributed by atoms with E-state index in [0.717, 1.165) is 24.1 Å². The van der Waals surface area contributed by atoms with Gasteiger partial charge in [0.15, 0.2) is 0 Å². The van der Waals surface area contributed by atoms with Gasteiger partial charge in [-0.25, -0.2) is 4.79 Å². The van der Waals surface area contributed by atoms with Crippen molar-refractivity contribution in [2.24, 2.45) is 0 Å². The summed E-state index contributed by atoms with van der Waals surface area (Å²) < 4.78 is 2.34. The van der Waals surface area contributed by atoms with Gasteiger partial charge < -0.3 is 14.8 Å². The summed E-state index contributed by atoms with van der Waals surface area (Å²) in [5.74, 6) is 0. The molecule has 2 aromatic heterocycles. The van der Waals surface area contributed by atoms with Crippen molar-refractivity contribution in [3.05, 3.63) is 69.4 Å². The summed E-state index contributed by atoms with van der Waals surface area (Å²) in [6.45, 7) is 6.99. The Kier molecular flexibility index (Phi) is 4.94. The lowest BCUT2D eigenvalue weighted by atomic mass is 9.95. The Bertz CT molecular complexity index is 1110. The number of anilines is 1. The lowest BCUT2D eigenvalue weighted by Gasteiger charge is -2.30. The van der Waals surface area contributed by atoms with Gasteiger partial charge in [-0.3, -0.25) is 0 Å². The summed E-state index contributed by atoms with van der Waals surface area (Å²) in [6, 6.07) is 10.5. The molecule has 0 spiro atoms. The number of urea groups is 1. The second-order valence-electron chi connectivity index (χ2n) is 8.60. The molecular formula is C25H29N3OS. The fraction of sp³-hybridized carbons (Fsp3) is 0.400. The van der Waals surface area contributed by atoms with Crippen molar-refractivity contribution in [2.45, 2.75) is 65.5 Å². The molecule has 5 rings (SSSR count). The molecule has 0 saturated carbocycles. The highest BCUT2D eigenvalue weighted by molar-refractivity contribution is 7.15. The lowest BCUT2D eigenvalue weighted by Crippen LogP contribution is -2.37. The maximum absolute atomic E-state index is 13.6. The van der Waals surface area contributed by atoms with Gasteiger partial charge in [-0.15, -0.1) is 11.3 Å². The number of nitrogens with zero attached hydrogens (tertiary/aromatic N) is 2. The number of carbonyl (C=O) groups is 1. The van der Waals surface area contributed by atoms with E-state index in [2.05, 4.69) is 66.0 Å². The second kappa shape index (κ2) is 7.62. The largest absolute Gasteiger partial charge is 0.322 e. The smallest absolute Gasteiger partial charge is 0.312 e. The maximum atomic E-state index is 13.6. The first-order valence-corrected chi connectivity index (χ1v) is 11.8. The fourth-order valence-electron chi connectivity index (χ4n) is 5.05. The molecule has 2 amide bonds. The first-order chi connectivity index (χ1) is 14.6. The van der Waals surface area contributed by atoms with Gasteiger partial charge in [0, 0.05) is 28.0 Å². The molecule has 1 aliphatic carbocycles. The van der Waals surface area contributed by atoms with Gasteiger partial charge in [0.05, 0.1) is 12.6 Å². The van der Waals surface area contributed by atoms with E-state index in [0.29, 0.717) is 6.54 Å². The van der Waals surface area contributed by atoms with Crippen molar-refractivity contribution < 1.29 is 4.79 Å². The van der Waals surface area contributed by atoms with Gasteiger partial charge in [0.25, 0.3) is 0 Å². The Labute approximate surface area is 182 Å². The molecule has 1 N–H and O–H groups in total. The van der Waals surface area contributed by atoms with E-state index in [1.807, 2.05) is 17.4 Å². The number of rotatable bonds is 2. The number of hydrogen-bond acceptors (Lipinski definition) is 2. The van der Waals surface area contributed by atoms with Crippen LogP contribution in [-0.4, -0.2) is 15.5 Å². The third-order valence-electron chi connectivity index (χ3n) is 6.58. The highest BCUT2D eigenvalue weighted by atomic mass is 32.1. The van der Waals surface area contributed by atoms with Crippen molar-refractivity contribution in [1.82, 2.24) is 9.47 Å². The Balaban J connectivity index is 1.56. The van der Waals surface area contributed by atoms with Crippen molar-refractivity contribution in [1.29, 1.82) is 0 Å². The Morgan fingerprint density at radius 2 is 2.00 bits per heavy atom. The molecule has 1 atom stereocenters. The molecule has 3 aromatic rings. The number of aromatic nitrogens is 1. The first kappa shape index (κ1) is 19.4. The Morgan fingerprint density at radius 3 is 2.80 bits per heavy atom. The van der Waals surface area contributed by atoms with E-state index < -0.39 is 0 Å². The van der Waals surface area contributed by atoms with Crippen LogP contribution in [0.15, 0.2) is 36.5 Å². The molecule has 0 unspecified atom stereocenters. The summed E-state index contributed by atoms with van der Waals surface area (Å²) in [5, 5.41) is 4.53. The van der Waals surface area contributed by atoms with Crippen LogP contribution in [0, 0.1) is 13.8 Å². The third kappa shape index (κ3) is 3.16. The summed E-state index contributed by atoms with van der Waals surface area (Å²) >= 11 is 1.94. The van der Waals surface area contributed by atoms with Crippen LogP contribution < -0.4 is 5.32 Å². The number of thiophene rings is 1. The normalized spacial score (nSPS) is 17.7. The van der Waals surface area contributed by atoms with Crippen LogP contribution in [-0.2, 0) is 19.4 Å². The molecule has 3 heterocycles. The van der Waals surface area contributed by atoms with Crippen LogP contribution in [0.1, 0.15) is 65.1 Å². The minimum Gasteiger partial charge on any atom is -0.312 e. The van der Waals surface area contributed by atoms with Crippen molar-refractivity contribution in [2.75, 3.05) is 5.32 Å². The van der Waals surface area contributed by atoms with E-state index in [-0.39, 0.29) is 12.1 Å². The number of hydrogen-bond donors (Lipinski definition) is 1. The summed E-state index contributed by atoms with van der Waals surface area (Å²) in [5.41, 5.74) is 7.28. The van der Waals surface area contributed by atoms with Gasteiger partial charge in [-0.2, -0.15) is 0 Å². The van der Waals surface area contributed by atoms with Gasteiger partial charge in [-0.05, 0) is 75.3 Å². The van der Waals surface area contributed by atoms with E-state index in [9.17, 15) is 4.79 Å². The number of fused-ring (bicyclic) bond motifs is 5. The zero-order valence-electron chi connectivity index (χ0n) is 18.0. The highest BCUT2D eigenvalue weighted by Gasteiger charge is 2.34. The number of nitrogens with one attached hydrogen (secondary N) is 1. The number of amides is 2. The third-order valence-corrected chi connectivity index (χ3v) is 7.91. The standard InChI is InChI=1S/C25H29N3OS/c1-4-21-22-9-7-13-27(22)24-19(18-8-5-6-10-23(18)30-24)15-28(21)25(29)26-20-12-11-16(2)14-17(20)3/h7,9,11-14,21H,4-6,8,10,15H2,1-3H3,(H,26,29)/t21-/m0/s1. The molecule has 4 nitrogen and oxygen atoms in total. The van der Waals surface area contributed by atoms with Crippen LogP contribution in [0.4, 0.5) is 10.5 Å². The van der Waals surface area contributed by atoms with Crippen LogP contribution in [0.3, 0.4) is 0 Å².